The molecule has 0 rings (SSSR count). The lowest BCUT2D eigenvalue weighted by atomic mass is 10.1. The van der Waals surface area contributed by atoms with Crippen LogP contribution in [0.2, 0.25) is 0 Å². The Morgan fingerprint density at radius 3 is 1.57 bits per heavy atom. The predicted octanol–water partition coefficient (Wildman–Crippen LogP) is 3.97. The van der Waals surface area contributed by atoms with E-state index in [0.717, 1.165) is 58.0 Å². The second-order valence-electron chi connectivity index (χ2n) is 5.24. The van der Waals surface area contributed by atoms with Gasteiger partial charge in [-0.1, -0.05) is 33.6 Å². The second kappa shape index (κ2) is 15.0. The first-order valence-corrected chi connectivity index (χ1v) is 8.85. The Labute approximate surface area is 134 Å². The molecule has 0 aliphatic rings. The van der Waals surface area contributed by atoms with Crippen molar-refractivity contribution in [3.8, 4) is 0 Å². The SMILES string of the molecule is CCCOC(CCCCCCO[Si])(OCCC)OCCC. The van der Waals surface area contributed by atoms with Crippen molar-refractivity contribution in [1.29, 1.82) is 0 Å². The van der Waals surface area contributed by atoms with Crippen molar-refractivity contribution in [1.82, 2.24) is 0 Å². The van der Waals surface area contributed by atoms with Gasteiger partial charge in [-0.05, 0) is 32.1 Å². The number of hydrogen-bond acceptors (Lipinski definition) is 4. The van der Waals surface area contributed by atoms with Gasteiger partial charge in [0.15, 0.2) is 0 Å². The number of rotatable bonds is 16. The number of ether oxygens (including phenoxy) is 3. The molecule has 0 N–H and O–H groups in total. The highest BCUT2D eigenvalue weighted by atomic mass is 28.2. The van der Waals surface area contributed by atoms with Crippen LogP contribution in [0, 0.1) is 0 Å². The predicted molar refractivity (Wildman–Crippen MR) is 86.3 cm³/mol. The summed E-state index contributed by atoms with van der Waals surface area (Å²) in [7, 11) is 3.02. The van der Waals surface area contributed by atoms with Crippen molar-refractivity contribution in [2.45, 2.75) is 78.1 Å². The van der Waals surface area contributed by atoms with Crippen molar-refractivity contribution in [2.75, 3.05) is 26.4 Å². The Morgan fingerprint density at radius 1 is 0.667 bits per heavy atom. The average Bonchev–Trinajstić information content (AvgIpc) is 2.51. The van der Waals surface area contributed by atoms with E-state index in [0.29, 0.717) is 19.8 Å². The fourth-order valence-electron chi connectivity index (χ4n) is 1.98. The van der Waals surface area contributed by atoms with Gasteiger partial charge in [-0.25, -0.2) is 0 Å². The molecule has 3 radical (unpaired) electrons. The first-order chi connectivity index (χ1) is 10.2. The van der Waals surface area contributed by atoms with Crippen LogP contribution in [0.5, 0.6) is 0 Å². The molecule has 0 saturated carbocycles. The van der Waals surface area contributed by atoms with E-state index in [9.17, 15) is 0 Å². The summed E-state index contributed by atoms with van der Waals surface area (Å²) in [5.74, 6) is -0.840. The Kier molecular flexibility index (Phi) is 15.0. The molecule has 0 atom stereocenters. The summed E-state index contributed by atoms with van der Waals surface area (Å²) < 4.78 is 22.7. The monoisotopic (exact) mass is 317 g/mol. The van der Waals surface area contributed by atoms with Gasteiger partial charge in [0.25, 0.3) is 5.97 Å². The summed E-state index contributed by atoms with van der Waals surface area (Å²) in [6.07, 6.45) is 8.09. The fraction of sp³-hybridized carbons (Fsp3) is 1.00. The molecule has 0 unspecified atom stereocenters. The van der Waals surface area contributed by atoms with E-state index in [4.69, 9.17) is 18.6 Å². The lowest BCUT2D eigenvalue weighted by Crippen LogP contribution is -2.40. The van der Waals surface area contributed by atoms with Gasteiger partial charge in [-0.3, -0.25) is 0 Å². The summed E-state index contributed by atoms with van der Waals surface area (Å²) >= 11 is 0. The average molecular weight is 318 g/mol. The normalized spacial score (nSPS) is 12.0. The molecule has 0 saturated heterocycles. The molecule has 0 aliphatic carbocycles. The number of hydrogen-bond donors (Lipinski definition) is 0. The van der Waals surface area contributed by atoms with Crippen molar-refractivity contribution < 1.29 is 18.6 Å². The Balaban J connectivity index is 4.28. The van der Waals surface area contributed by atoms with Gasteiger partial charge in [0.2, 0.25) is 10.5 Å². The molecule has 0 heterocycles. The van der Waals surface area contributed by atoms with Crippen molar-refractivity contribution >= 4 is 10.5 Å². The van der Waals surface area contributed by atoms with Crippen molar-refractivity contribution in [3.63, 3.8) is 0 Å². The third kappa shape index (κ3) is 11.3. The van der Waals surface area contributed by atoms with Gasteiger partial charge in [0.05, 0.1) is 19.8 Å². The molecule has 0 bridgehead atoms. The maximum absolute atomic E-state index is 5.93. The van der Waals surface area contributed by atoms with E-state index in [1.165, 1.54) is 0 Å². The van der Waals surface area contributed by atoms with E-state index in [2.05, 4.69) is 31.3 Å². The third-order valence-electron chi connectivity index (χ3n) is 3.06. The molecule has 0 aliphatic heterocycles. The maximum Gasteiger partial charge on any atom is 0.282 e. The highest BCUT2D eigenvalue weighted by Crippen LogP contribution is 2.25. The van der Waals surface area contributed by atoms with Crippen LogP contribution in [0.25, 0.3) is 0 Å². The molecular formula is C16H33O4Si. The van der Waals surface area contributed by atoms with E-state index >= 15 is 0 Å². The summed E-state index contributed by atoms with van der Waals surface area (Å²) in [6, 6.07) is 0. The molecule has 4 nitrogen and oxygen atoms in total. The minimum Gasteiger partial charge on any atom is -0.419 e. The minimum absolute atomic E-state index is 0.671. The third-order valence-corrected chi connectivity index (χ3v) is 3.26. The van der Waals surface area contributed by atoms with E-state index in [1.807, 2.05) is 0 Å². The van der Waals surface area contributed by atoms with Crippen LogP contribution in [0.15, 0.2) is 0 Å². The minimum atomic E-state index is -0.840. The van der Waals surface area contributed by atoms with Crippen LogP contribution >= 0.6 is 0 Å². The standard InChI is InChI=1S/C16H33O4Si/c1-4-12-17-16(18-13-5-2,19-14-6-3)11-9-7-8-10-15-20-21/h4-15H2,1-3H3. The molecule has 0 spiro atoms. The highest BCUT2D eigenvalue weighted by molar-refractivity contribution is 5.97. The Morgan fingerprint density at radius 2 is 1.14 bits per heavy atom. The summed E-state index contributed by atoms with van der Waals surface area (Å²) in [5, 5.41) is 0. The van der Waals surface area contributed by atoms with Gasteiger partial charge in [-0.2, -0.15) is 0 Å². The van der Waals surface area contributed by atoms with Crippen LogP contribution in [0.4, 0.5) is 0 Å². The van der Waals surface area contributed by atoms with Crippen LogP contribution < -0.4 is 0 Å². The van der Waals surface area contributed by atoms with Gasteiger partial charge in [0.1, 0.15) is 0 Å². The highest BCUT2D eigenvalue weighted by Gasteiger charge is 2.32. The first-order valence-electron chi connectivity index (χ1n) is 8.45. The lowest BCUT2D eigenvalue weighted by molar-refractivity contribution is -0.383. The summed E-state index contributed by atoms with van der Waals surface area (Å²) in [6.45, 7) is 9.08. The van der Waals surface area contributed by atoms with Crippen LogP contribution in [0.1, 0.15) is 72.1 Å². The zero-order valence-electron chi connectivity index (χ0n) is 14.1. The smallest absolute Gasteiger partial charge is 0.282 e. The van der Waals surface area contributed by atoms with Crippen LogP contribution in [-0.2, 0) is 18.6 Å². The van der Waals surface area contributed by atoms with Gasteiger partial charge in [-0.15, -0.1) is 0 Å². The maximum atomic E-state index is 5.93. The molecule has 0 aromatic heterocycles. The summed E-state index contributed by atoms with van der Waals surface area (Å²) in [4.78, 5) is 0. The molecule has 0 aromatic rings. The van der Waals surface area contributed by atoms with E-state index < -0.39 is 5.97 Å². The van der Waals surface area contributed by atoms with E-state index in [1.54, 1.807) is 0 Å². The Hall–Kier alpha value is 0.0569. The molecule has 125 valence electrons. The Bertz CT molecular complexity index is 193. The van der Waals surface area contributed by atoms with Crippen LogP contribution in [0.3, 0.4) is 0 Å². The van der Waals surface area contributed by atoms with Gasteiger partial charge >= 0.3 is 0 Å². The largest absolute Gasteiger partial charge is 0.419 e. The van der Waals surface area contributed by atoms with Gasteiger partial charge < -0.3 is 18.6 Å². The van der Waals surface area contributed by atoms with Crippen molar-refractivity contribution in [3.05, 3.63) is 0 Å². The fourth-order valence-corrected chi connectivity index (χ4v) is 2.13. The van der Waals surface area contributed by atoms with Crippen LogP contribution in [-0.4, -0.2) is 42.9 Å². The lowest BCUT2D eigenvalue weighted by Gasteiger charge is -2.33. The topological polar surface area (TPSA) is 36.9 Å². The zero-order chi connectivity index (χ0) is 15.8. The first kappa shape index (κ1) is 21.1. The molecule has 0 amide bonds. The molecule has 0 fully saturated rings. The zero-order valence-corrected chi connectivity index (χ0v) is 15.1. The van der Waals surface area contributed by atoms with Crippen molar-refractivity contribution in [2.24, 2.45) is 0 Å². The summed E-state index contributed by atoms with van der Waals surface area (Å²) in [5.41, 5.74) is 0. The quantitative estimate of drug-likeness (QED) is 0.245. The molecule has 5 heteroatoms. The van der Waals surface area contributed by atoms with Gasteiger partial charge in [0, 0.05) is 13.0 Å². The number of unbranched alkanes of at least 4 members (excludes halogenated alkanes) is 3. The molecule has 0 aromatic carbocycles. The second-order valence-corrected chi connectivity index (χ2v) is 5.53. The van der Waals surface area contributed by atoms with E-state index in [-0.39, 0.29) is 0 Å². The molecular weight excluding hydrogens is 284 g/mol. The molecule has 21 heavy (non-hydrogen) atoms.